The van der Waals surface area contributed by atoms with E-state index in [4.69, 9.17) is 27.9 Å². The Morgan fingerprint density at radius 1 is 1.16 bits per heavy atom. The highest BCUT2D eigenvalue weighted by Gasteiger charge is 2.21. The molecule has 2 aromatic carbocycles. The fourth-order valence-electron chi connectivity index (χ4n) is 3.31. The minimum atomic E-state index is -0.945. The fraction of sp³-hybridized carbons (Fsp3) is 0.391. The van der Waals surface area contributed by atoms with Gasteiger partial charge in [-0.3, -0.25) is 4.79 Å². The standard InChI is InChI=1S/C23H31ClN4O4/c1-5-14(2)32-23(31)27(3)13-17-10-15(6-8-19(17)24)18(12-22(29)30)16-7-9-21(28(4)26)20(25)11-16/h6-11,14,18H,5,12-13,25-26H2,1-4H3,(H,29,30). The molecule has 2 rings (SSSR count). The third-order valence-electron chi connectivity index (χ3n) is 5.28. The van der Waals surface area contributed by atoms with Crippen molar-refractivity contribution in [1.29, 1.82) is 0 Å². The number of nitrogens with two attached hydrogens (primary N) is 2. The van der Waals surface area contributed by atoms with Crippen LogP contribution in [-0.2, 0) is 16.1 Å². The van der Waals surface area contributed by atoms with Crippen molar-refractivity contribution in [3.63, 3.8) is 0 Å². The molecular formula is C23H31ClN4O4. The molecule has 0 aliphatic heterocycles. The van der Waals surface area contributed by atoms with Crippen LogP contribution in [0.5, 0.6) is 0 Å². The van der Waals surface area contributed by atoms with Crippen molar-refractivity contribution in [2.75, 3.05) is 24.8 Å². The lowest BCUT2D eigenvalue weighted by atomic mass is 9.87. The van der Waals surface area contributed by atoms with E-state index in [-0.39, 0.29) is 19.1 Å². The summed E-state index contributed by atoms with van der Waals surface area (Å²) in [4.78, 5) is 25.3. The van der Waals surface area contributed by atoms with Crippen LogP contribution >= 0.6 is 11.6 Å². The molecule has 0 radical (unpaired) electrons. The van der Waals surface area contributed by atoms with Gasteiger partial charge in [-0.15, -0.1) is 0 Å². The maximum absolute atomic E-state index is 12.3. The monoisotopic (exact) mass is 462 g/mol. The van der Waals surface area contributed by atoms with Crippen LogP contribution < -0.4 is 16.6 Å². The van der Waals surface area contributed by atoms with Crippen molar-refractivity contribution >= 4 is 35.0 Å². The van der Waals surface area contributed by atoms with Crippen molar-refractivity contribution in [2.45, 2.75) is 45.3 Å². The average molecular weight is 463 g/mol. The van der Waals surface area contributed by atoms with Gasteiger partial charge in [0.1, 0.15) is 6.10 Å². The average Bonchev–Trinajstić information content (AvgIpc) is 2.72. The number of carboxylic acid groups (broad SMARTS) is 1. The number of hydrogen-bond donors (Lipinski definition) is 3. The van der Waals surface area contributed by atoms with Crippen LogP contribution in [0.25, 0.3) is 0 Å². The first kappa shape index (κ1) is 25.3. The van der Waals surface area contributed by atoms with Crippen LogP contribution in [0.2, 0.25) is 5.02 Å². The summed E-state index contributed by atoms with van der Waals surface area (Å²) in [5.74, 6) is 4.38. The predicted octanol–water partition coefficient (Wildman–Crippen LogP) is 4.21. The van der Waals surface area contributed by atoms with Gasteiger partial charge in [-0.05, 0) is 48.2 Å². The highest BCUT2D eigenvalue weighted by molar-refractivity contribution is 6.31. The second-order valence-corrected chi connectivity index (χ2v) is 8.30. The van der Waals surface area contributed by atoms with Gasteiger partial charge in [0.05, 0.1) is 24.3 Å². The number of anilines is 2. The minimum Gasteiger partial charge on any atom is -0.481 e. The minimum absolute atomic E-state index is 0.135. The van der Waals surface area contributed by atoms with E-state index in [1.165, 1.54) is 9.91 Å². The first-order valence-corrected chi connectivity index (χ1v) is 10.7. The van der Waals surface area contributed by atoms with Gasteiger partial charge in [-0.1, -0.05) is 36.7 Å². The zero-order valence-electron chi connectivity index (χ0n) is 18.8. The number of carboxylic acids is 1. The second kappa shape index (κ2) is 11.1. The lowest BCUT2D eigenvalue weighted by Crippen LogP contribution is -2.29. The number of halogens is 1. The molecule has 0 bridgehead atoms. The normalized spacial score (nSPS) is 12.7. The summed E-state index contributed by atoms with van der Waals surface area (Å²) in [6, 6.07) is 10.6. The first-order chi connectivity index (χ1) is 15.0. The summed E-state index contributed by atoms with van der Waals surface area (Å²) in [5, 5.41) is 11.4. The van der Waals surface area contributed by atoms with Gasteiger partial charge in [0.25, 0.3) is 0 Å². The Morgan fingerprint density at radius 3 is 2.34 bits per heavy atom. The molecule has 0 aromatic heterocycles. The summed E-state index contributed by atoms with van der Waals surface area (Å²) in [6.45, 7) is 3.99. The number of carbonyl (C=O) groups excluding carboxylic acids is 1. The van der Waals surface area contributed by atoms with E-state index in [2.05, 4.69) is 0 Å². The van der Waals surface area contributed by atoms with E-state index in [1.807, 2.05) is 26.0 Å². The third-order valence-corrected chi connectivity index (χ3v) is 5.65. The SMILES string of the molecule is CCC(C)OC(=O)N(C)Cc1cc(C(CC(=O)O)c2ccc(N(C)N)c(N)c2)ccc1Cl. The van der Waals surface area contributed by atoms with E-state index < -0.39 is 18.0 Å². The van der Waals surface area contributed by atoms with Crippen LogP contribution in [0.1, 0.15) is 49.3 Å². The van der Waals surface area contributed by atoms with Gasteiger partial charge in [-0.2, -0.15) is 0 Å². The summed E-state index contributed by atoms with van der Waals surface area (Å²) >= 11 is 6.38. The summed E-state index contributed by atoms with van der Waals surface area (Å²) in [5.41, 5.74) is 9.40. The number of aliphatic carboxylic acids is 1. The van der Waals surface area contributed by atoms with Crippen molar-refractivity contribution in [2.24, 2.45) is 5.84 Å². The molecule has 0 spiro atoms. The van der Waals surface area contributed by atoms with Gasteiger partial charge < -0.3 is 25.5 Å². The van der Waals surface area contributed by atoms with Gasteiger partial charge in [0.15, 0.2) is 0 Å². The molecule has 0 heterocycles. The molecular weight excluding hydrogens is 432 g/mol. The molecule has 0 aliphatic rings. The van der Waals surface area contributed by atoms with Crippen LogP contribution in [0.15, 0.2) is 36.4 Å². The van der Waals surface area contributed by atoms with E-state index in [1.54, 1.807) is 38.4 Å². The van der Waals surface area contributed by atoms with Gasteiger partial charge in [0.2, 0.25) is 0 Å². The Bertz CT molecular complexity index is 967. The maximum Gasteiger partial charge on any atom is 0.410 e. The molecule has 9 heteroatoms. The van der Waals surface area contributed by atoms with Crippen LogP contribution in [-0.4, -0.2) is 42.3 Å². The number of ether oxygens (including phenoxy) is 1. The number of benzene rings is 2. The van der Waals surface area contributed by atoms with E-state index in [9.17, 15) is 14.7 Å². The van der Waals surface area contributed by atoms with Crippen molar-refractivity contribution in [3.8, 4) is 0 Å². The summed E-state index contributed by atoms with van der Waals surface area (Å²) < 4.78 is 5.35. The van der Waals surface area contributed by atoms with E-state index >= 15 is 0 Å². The zero-order chi connectivity index (χ0) is 24.0. The fourth-order valence-corrected chi connectivity index (χ4v) is 3.49. The Labute approximate surface area is 193 Å². The van der Waals surface area contributed by atoms with Gasteiger partial charge in [-0.25, -0.2) is 10.6 Å². The van der Waals surface area contributed by atoms with Crippen LogP contribution in [0, 0.1) is 0 Å². The van der Waals surface area contributed by atoms with Crippen molar-refractivity contribution < 1.29 is 19.4 Å². The first-order valence-electron chi connectivity index (χ1n) is 10.3. The number of rotatable bonds is 9. The van der Waals surface area contributed by atoms with Crippen LogP contribution in [0.3, 0.4) is 0 Å². The molecule has 2 unspecified atom stereocenters. The van der Waals surface area contributed by atoms with Crippen molar-refractivity contribution in [3.05, 3.63) is 58.1 Å². The Morgan fingerprint density at radius 2 is 1.78 bits per heavy atom. The van der Waals surface area contributed by atoms with E-state index in [0.29, 0.717) is 28.4 Å². The van der Waals surface area contributed by atoms with E-state index in [0.717, 1.165) is 11.1 Å². The molecule has 0 fully saturated rings. The lowest BCUT2D eigenvalue weighted by molar-refractivity contribution is -0.137. The smallest absolute Gasteiger partial charge is 0.410 e. The summed E-state index contributed by atoms with van der Waals surface area (Å²) in [7, 11) is 3.31. The second-order valence-electron chi connectivity index (χ2n) is 7.89. The van der Waals surface area contributed by atoms with Crippen LogP contribution in [0.4, 0.5) is 16.2 Å². The Hall–Kier alpha value is -2.97. The van der Waals surface area contributed by atoms with Gasteiger partial charge in [0, 0.05) is 25.0 Å². The molecule has 1 amide bonds. The molecule has 0 aliphatic carbocycles. The summed E-state index contributed by atoms with van der Waals surface area (Å²) in [6.07, 6.45) is -0.0523. The molecule has 0 saturated heterocycles. The lowest BCUT2D eigenvalue weighted by Gasteiger charge is -2.23. The highest BCUT2D eigenvalue weighted by atomic mass is 35.5. The molecule has 8 nitrogen and oxygen atoms in total. The molecule has 2 atom stereocenters. The topological polar surface area (TPSA) is 122 Å². The highest BCUT2D eigenvalue weighted by Crippen LogP contribution is 2.34. The molecule has 5 N–H and O–H groups in total. The predicted molar refractivity (Wildman–Crippen MR) is 127 cm³/mol. The number of carbonyl (C=O) groups is 2. The third kappa shape index (κ3) is 6.51. The maximum atomic E-state index is 12.3. The van der Waals surface area contributed by atoms with Gasteiger partial charge >= 0.3 is 12.1 Å². The number of amides is 1. The number of nitrogens with zero attached hydrogens (tertiary/aromatic N) is 2. The molecule has 174 valence electrons. The number of hydrazine groups is 1. The van der Waals surface area contributed by atoms with Crippen molar-refractivity contribution in [1.82, 2.24) is 4.90 Å². The Kier molecular flexibility index (Phi) is 8.74. The Balaban J connectivity index is 2.37. The molecule has 2 aromatic rings. The zero-order valence-corrected chi connectivity index (χ0v) is 19.6. The molecule has 32 heavy (non-hydrogen) atoms. The largest absolute Gasteiger partial charge is 0.481 e. The quantitative estimate of drug-likeness (QED) is 0.290. The number of nitrogen functional groups attached to an aromatic ring is 1. The number of hydrogen-bond acceptors (Lipinski definition) is 6. The molecule has 0 saturated carbocycles.